The van der Waals surface area contributed by atoms with Crippen molar-refractivity contribution >= 4 is 0 Å². The summed E-state index contributed by atoms with van der Waals surface area (Å²) in [6.45, 7) is 3.74. The van der Waals surface area contributed by atoms with E-state index in [1.54, 1.807) is 6.07 Å². The molecule has 0 radical (unpaired) electrons. The molecule has 2 saturated carbocycles. The molecule has 0 bridgehead atoms. The molecule has 0 atom stereocenters. The lowest BCUT2D eigenvalue weighted by Crippen LogP contribution is -2.38. The molecule has 44 heavy (non-hydrogen) atoms. The SMILES string of the molecule is CCCCCC1COC(C2CCC(c3ccc(C4CCC(C(F)(F)Oc5cc(F)c(C#N)c(F)c5)CC4)c(F)c3)CC2)OC1. The summed E-state index contributed by atoms with van der Waals surface area (Å²) in [6.07, 6.45) is 5.72. The van der Waals surface area contributed by atoms with Gasteiger partial charge in [0, 0.05) is 24.0 Å². The van der Waals surface area contributed by atoms with E-state index in [9.17, 15) is 17.6 Å². The summed E-state index contributed by atoms with van der Waals surface area (Å²) in [5.41, 5.74) is 0.664. The van der Waals surface area contributed by atoms with E-state index in [1.807, 2.05) is 12.1 Å². The van der Waals surface area contributed by atoms with Crippen LogP contribution >= 0.6 is 0 Å². The number of halogens is 5. The van der Waals surface area contributed by atoms with Gasteiger partial charge in [-0.1, -0.05) is 38.3 Å². The highest BCUT2D eigenvalue weighted by molar-refractivity contribution is 5.38. The van der Waals surface area contributed by atoms with Crippen molar-refractivity contribution in [2.24, 2.45) is 17.8 Å². The van der Waals surface area contributed by atoms with Crippen molar-refractivity contribution in [1.29, 1.82) is 5.26 Å². The van der Waals surface area contributed by atoms with Gasteiger partial charge in [-0.25, -0.2) is 13.2 Å². The van der Waals surface area contributed by atoms with Crippen LogP contribution in [0.5, 0.6) is 5.75 Å². The Morgan fingerprint density at radius 1 is 0.841 bits per heavy atom. The van der Waals surface area contributed by atoms with Crippen molar-refractivity contribution in [2.45, 2.75) is 108 Å². The molecule has 0 aromatic heterocycles. The Labute approximate surface area is 256 Å². The van der Waals surface area contributed by atoms with Crippen LogP contribution in [-0.4, -0.2) is 25.6 Å². The molecule has 0 N–H and O–H groups in total. The zero-order valence-electron chi connectivity index (χ0n) is 25.3. The highest BCUT2D eigenvalue weighted by Gasteiger charge is 2.44. The Balaban J connectivity index is 1.10. The first-order valence-electron chi connectivity index (χ1n) is 16.2. The van der Waals surface area contributed by atoms with E-state index < -0.39 is 35.0 Å². The topological polar surface area (TPSA) is 51.5 Å². The normalized spacial score (nSPS) is 27.9. The number of alkyl halides is 2. The molecule has 4 nitrogen and oxygen atoms in total. The molecule has 1 aliphatic heterocycles. The molecule has 2 aromatic rings. The predicted molar refractivity (Wildman–Crippen MR) is 156 cm³/mol. The van der Waals surface area contributed by atoms with Crippen LogP contribution in [0.25, 0.3) is 0 Å². The molecule has 5 rings (SSSR count). The summed E-state index contributed by atoms with van der Waals surface area (Å²) in [4.78, 5) is 0. The summed E-state index contributed by atoms with van der Waals surface area (Å²) >= 11 is 0. The van der Waals surface area contributed by atoms with Crippen molar-refractivity contribution in [2.75, 3.05) is 13.2 Å². The maximum atomic E-state index is 15.4. The van der Waals surface area contributed by atoms with E-state index >= 15 is 4.39 Å². The number of benzene rings is 2. The average molecular weight is 620 g/mol. The summed E-state index contributed by atoms with van der Waals surface area (Å²) in [5.74, 6) is -3.74. The molecule has 9 heteroatoms. The maximum Gasteiger partial charge on any atom is 0.400 e. The Morgan fingerprint density at radius 2 is 1.48 bits per heavy atom. The number of unbranched alkanes of at least 4 members (excludes halogenated alkanes) is 2. The van der Waals surface area contributed by atoms with Crippen LogP contribution in [0.1, 0.15) is 112 Å². The summed E-state index contributed by atoms with van der Waals surface area (Å²) < 4.78 is 89.8. The standard InChI is InChI=1S/C35H42F5NO3/c1-2-3-4-5-22-20-42-34(43-21-22)25-8-6-23(7-9-25)26-12-15-29(31(36)16-26)24-10-13-27(14-11-24)35(39,40)44-28-17-32(37)30(19-41)33(38)18-28/h12,15-18,22-25,27,34H,2-11,13-14,20-21H2,1H3. The fourth-order valence-electron chi connectivity index (χ4n) is 7.23. The first-order valence-corrected chi connectivity index (χ1v) is 16.2. The number of nitrogens with zero attached hydrogens (tertiary/aromatic N) is 1. The molecule has 240 valence electrons. The summed E-state index contributed by atoms with van der Waals surface area (Å²) in [7, 11) is 0. The van der Waals surface area contributed by atoms with Crippen molar-refractivity contribution in [1.82, 2.24) is 0 Å². The van der Waals surface area contributed by atoms with Gasteiger partial charge in [0.2, 0.25) is 0 Å². The van der Waals surface area contributed by atoms with Gasteiger partial charge in [-0.15, -0.1) is 0 Å². The van der Waals surface area contributed by atoms with Crippen molar-refractivity contribution in [3.63, 3.8) is 0 Å². The van der Waals surface area contributed by atoms with Crippen molar-refractivity contribution in [3.8, 4) is 11.8 Å². The number of ether oxygens (including phenoxy) is 3. The Bertz CT molecular complexity index is 1270. The predicted octanol–water partition coefficient (Wildman–Crippen LogP) is 9.76. The fourth-order valence-corrected chi connectivity index (χ4v) is 7.23. The number of hydrogen-bond acceptors (Lipinski definition) is 4. The fraction of sp³-hybridized carbons (Fsp3) is 0.629. The average Bonchev–Trinajstić information content (AvgIpc) is 3.01. The zero-order valence-corrected chi connectivity index (χ0v) is 25.3. The highest BCUT2D eigenvalue weighted by atomic mass is 19.3. The second-order valence-electron chi connectivity index (χ2n) is 12.9. The molecular formula is C35H42F5NO3. The highest BCUT2D eigenvalue weighted by Crippen LogP contribution is 2.45. The van der Waals surface area contributed by atoms with Crippen LogP contribution in [0.4, 0.5) is 22.0 Å². The van der Waals surface area contributed by atoms with Crippen LogP contribution in [0, 0.1) is 46.5 Å². The Hall–Kier alpha value is -2.70. The third kappa shape index (κ3) is 7.74. The van der Waals surface area contributed by atoms with E-state index in [2.05, 4.69) is 6.92 Å². The first kappa shape index (κ1) is 32.7. The van der Waals surface area contributed by atoms with Gasteiger partial charge in [-0.3, -0.25) is 0 Å². The van der Waals surface area contributed by atoms with Crippen LogP contribution in [0.15, 0.2) is 30.3 Å². The second-order valence-corrected chi connectivity index (χ2v) is 12.9. The van der Waals surface area contributed by atoms with Gasteiger partial charge in [0.1, 0.15) is 34.8 Å². The van der Waals surface area contributed by atoms with Crippen molar-refractivity contribution < 1.29 is 36.2 Å². The lowest BCUT2D eigenvalue weighted by Gasteiger charge is -2.38. The van der Waals surface area contributed by atoms with E-state index in [0.717, 1.165) is 50.9 Å². The molecule has 3 fully saturated rings. The Kier molecular flexibility index (Phi) is 10.8. The van der Waals surface area contributed by atoms with Gasteiger partial charge in [-0.05, 0) is 86.8 Å². The maximum absolute atomic E-state index is 15.4. The van der Waals surface area contributed by atoms with E-state index in [-0.39, 0.29) is 36.8 Å². The lowest BCUT2D eigenvalue weighted by molar-refractivity contribution is -0.229. The van der Waals surface area contributed by atoms with Gasteiger partial charge in [0.25, 0.3) is 0 Å². The van der Waals surface area contributed by atoms with Crippen molar-refractivity contribution in [3.05, 3.63) is 64.5 Å². The minimum absolute atomic E-state index is 0.0783. The largest absolute Gasteiger partial charge is 0.432 e. The molecule has 2 aromatic carbocycles. The molecule has 0 amide bonds. The van der Waals surface area contributed by atoms with Gasteiger partial charge in [0.05, 0.1) is 19.1 Å². The van der Waals surface area contributed by atoms with Gasteiger partial charge < -0.3 is 14.2 Å². The molecular weight excluding hydrogens is 577 g/mol. The van der Waals surface area contributed by atoms with E-state index in [4.69, 9.17) is 19.5 Å². The zero-order chi connectivity index (χ0) is 31.3. The Morgan fingerprint density at radius 3 is 2.07 bits per heavy atom. The van der Waals surface area contributed by atoms with Gasteiger partial charge in [-0.2, -0.15) is 14.0 Å². The molecule has 0 unspecified atom stereocenters. The second kappa shape index (κ2) is 14.6. The molecule has 2 aliphatic carbocycles. The minimum atomic E-state index is -3.66. The summed E-state index contributed by atoms with van der Waals surface area (Å²) in [5, 5.41) is 8.78. The quantitative estimate of drug-likeness (QED) is 0.196. The molecule has 0 spiro atoms. The van der Waals surface area contributed by atoms with E-state index in [1.165, 1.54) is 25.3 Å². The monoisotopic (exact) mass is 619 g/mol. The molecule has 1 saturated heterocycles. The molecule has 3 aliphatic rings. The molecule has 1 heterocycles. The third-order valence-electron chi connectivity index (χ3n) is 9.88. The number of nitriles is 1. The third-order valence-corrected chi connectivity index (χ3v) is 9.88. The first-order chi connectivity index (χ1) is 21.2. The van der Waals surface area contributed by atoms with Crippen LogP contribution in [0.3, 0.4) is 0 Å². The van der Waals surface area contributed by atoms with E-state index in [0.29, 0.717) is 42.4 Å². The lowest BCUT2D eigenvalue weighted by atomic mass is 9.76. The number of rotatable bonds is 10. The number of hydrogen-bond donors (Lipinski definition) is 0. The van der Waals surface area contributed by atoms with Gasteiger partial charge in [0.15, 0.2) is 6.29 Å². The minimum Gasteiger partial charge on any atom is -0.432 e. The van der Waals surface area contributed by atoms with Crippen LogP contribution < -0.4 is 4.74 Å². The van der Waals surface area contributed by atoms with Crippen LogP contribution in [0.2, 0.25) is 0 Å². The smallest absolute Gasteiger partial charge is 0.400 e. The van der Waals surface area contributed by atoms with Crippen LogP contribution in [-0.2, 0) is 9.47 Å². The van der Waals surface area contributed by atoms with Gasteiger partial charge >= 0.3 is 6.11 Å². The summed E-state index contributed by atoms with van der Waals surface area (Å²) in [6, 6.07) is 7.94.